The number of methoxy groups -OCH3 is 2. The Hall–Kier alpha value is -3.75. The maximum atomic E-state index is 13.3. The van der Waals surface area contributed by atoms with Crippen molar-refractivity contribution in [3.63, 3.8) is 0 Å². The van der Waals surface area contributed by atoms with Crippen LogP contribution in [0.15, 0.2) is 53.3 Å². The highest BCUT2D eigenvalue weighted by Gasteiger charge is 2.13. The Kier molecular flexibility index (Phi) is 5.87. The predicted octanol–water partition coefficient (Wildman–Crippen LogP) is 2.84. The van der Waals surface area contributed by atoms with Gasteiger partial charge in [0.2, 0.25) is 5.91 Å². The van der Waals surface area contributed by atoms with Gasteiger partial charge in [-0.25, -0.2) is 13.5 Å². The molecule has 0 saturated carbocycles. The van der Waals surface area contributed by atoms with E-state index in [-0.39, 0.29) is 5.69 Å². The molecule has 0 bridgehead atoms. The van der Waals surface area contributed by atoms with Gasteiger partial charge in [0.1, 0.15) is 18.0 Å². The van der Waals surface area contributed by atoms with Crippen molar-refractivity contribution in [2.75, 3.05) is 19.5 Å². The molecule has 150 valence electrons. The molecule has 3 rings (SSSR count). The van der Waals surface area contributed by atoms with Crippen molar-refractivity contribution in [3.8, 4) is 22.8 Å². The van der Waals surface area contributed by atoms with Gasteiger partial charge < -0.3 is 14.8 Å². The Labute approximate surface area is 164 Å². The highest BCUT2D eigenvalue weighted by atomic mass is 19.2. The van der Waals surface area contributed by atoms with Gasteiger partial charge in [0, 0.05) is 23.4 Å². The summed E-state index contributed by atoms with van der Waals surface area (Å²) in [7, 11) is 3.01. The van der Waals surface area contributed by atoms with Crippen LogP contribution in [0.2, 0.25) is 0 Å². The summed E-state index contributed by atoms with van der Waals surface area (Å²) in [6, 6.07) is 10.8. The van der Waals surface area contributed by atoms with Crippen LogP contribution in [0, 0.1) is 11.6 Å². The van der Waals surface area contributed by atoms with Crippen molar-refractivity contribution in [1.29, 1.82) is 0 Å². The molecule has 29 heavy (non-hydrogen) atoms. The van der Waals surface area contributed by atoms with E-state index in [1.807, 2.05) is 0 Å². The number of anilines is 1. The number of halogens is 2. The molecule has 0 aliphatic rings. The number of ether oxygens (including phenoxy) is 2. The van der Waals surface area contributed by atoms with Gasteiger partial charge in [-0.3, -0.25) is 9.59 Å². The Morgan fingerprint density at radius 3 is 2.52 bits per heavy atom. The number of carbonyl (C=O) groups is 1. The van der Waals surface area contributed by atoms with Crippen molar-refractivity contribution < 1.29 is 23.0 Å². The molecule has 1 amide bonds. The van der Waals surface area contributed by atoms with Crippen LogP contribution < -0.4 is 20.3 Å². The standard InChI is InChI=1S/C20H17F2N3O4/c1-28-13-4-7-18(29-2)14(10-13)17-6-8-20(27)25(24-17)11-19(26)23-12-3-5-15(21)16(22)9-12/h3-10H,11H2,1-2H3,(H,23,26). The molecule has 0 unspecified atom stereocenters. The first kappa shape index (κ1) is 20.0. The van der Waals surface area contributed by atoms with Gasteiger partial charge in [0.05, 0.1) is 19.9 Å². The fourth-order valence-electron chi connectivity index (χ4n) is 2.63. The molecule has 0 radical (unpaired) electrons. The fraction of sp³-hybridized carbons (Fsp3) is 0.150. The molecule has 7 nitrogen and oxygen atoms in total. The molecular formula is C20H17F2N3O4. The van der Waals surface area contributed by atoms with E-state index < -0.39 is 29.6 Å². The number of hydrogen-bond donors (Lipinski definition) is 1. The molecule has 1 aromatic heterocycles. The third kappa shape index (κ3) is 4.57. The Morgan fingerprint density at radius 1 is 1.03 bits per heavy atom. The van der Waals surface area contributed by atoms with E-state index >= 15 is 0 Å². The summed E-state index contributed by atoms with van der Waals surface area (Å²) in [6.45, 7) is -0.419. The van der Waals surface area contributed by atoms with E-state index in [4.69, 9.17) is 9.47 Å². The van der Waals surface area contributed by atoms with Crippen LogP contribution in [-0.4, -0.2) is 29.9 Å². The van der Waals surface area contributed by atoms with Crippen LogP contribution in [0.5, 0.6) is 11.5 Å². The van der Waals surface area contributed by atoms with Gasteiger partial charge in [-0.1, -0.05) is 0 Å². The SMILES string of the molecule is COc1ccc(OC)c(-c2ccc(=O)n(CC(=O)Nc3ccc(F)c(F)c3)n2)c1. The van der Waals surface area contributed by atoms with E-state index in [1.54, 1.807) is 18.2 Å². The second kappa shape index (κ2) is 8.51. The van der Waals surface area contributed by atoms with E-state index in [0.29, 0.717) is 22.8 Å². The minimum atomic E-state index is -1.09. The lowest BCUT2D eigenvalue weighted by atomic mass is 10.1. The summed E-state index contributed by atoms with van der Waals surface area (Å²) < 4.78 is 37.8. The largest absolute Gasteiger partial charge is 0.497 e. The minimum Gasteiger partial charge on any atom is -0.497 e. The molecule has 0 saturated heterocycles. The van der Waals surface area contributed by atoms with Crippen LogP contribution in [0.1, 0.15) is 0 Å². The highest BCUT2D eigenvalue weighted by molar-refractivity contribution is 5.90. The van der Waals surface area contributed by atoms with E-state index in [9.17, 15) is 18.4 Å². The molecular weight excluding hydrogens is 384 g/mol. The molecule has 0 aliphatic carbocycles. The number of rotatable bonds is 6. The lowest BCUT2D eigenvalue weighted by molar-refractivity contribution is -0.117. The second-order valence-corrected chi connectivity index (χ2v) is 5.96. The summed E-state index contributed by atoms with van der Waals surface area (Å²) in [5.74, 6) is -1.67. The molecule has 2 aromatic carbocycles. The van der Waals surface area contributed by atoms with Crippen LogP contribution in [0.4, 0.5) is 14.5 Å². The first-order valence-corrected chi connectivity index (χ1v) is 8.46. The Bertz CT molecular complexity index is 1120. The zero-order chi connectivity index (χ0) is 21.0. The van der Waals surface area contributed by atoms with Crippen LogP contribution in [0.25, 0.3) is 11.3 Å². The predicted molar refractivity (Wildman–Crippen MR) is 102 cm³/mol. The van der Waals surface area contributed by atoms with Crippen LogP contribution in [-0.2, 0) is 11.3 Å². The molecule has 0 fully saturated rings. The third-order valence-corrected chi connectivity index (χ3v) is 4.05. The first-order valence-electron chi connectivity index (χ1n) is 8.46. The smallest absolute Gasteiger partial charge is 0.267 e. The third-order valence-electron chi connectivity index (χ3n) is 4.05. The Balaban J connectivity index is 1.87. The molecule has 0 spiro atoms. The van der Waals surface area contributed by atoms with Gasteiger partial charge in [-0.2, -0.15) is 5.10 Å². The number of hydrogen-bond acceptors (Lipinski definition) is 5. The monoisotopic (exact) mass is 401 g/mol. The number of benzene rings is 2. The molecule has 3 aromatic rings. The average molecular weight is 401 g/mol. The quantitative estimate of drug-likeness (QED) is 0.687. The summed E-state index contributed by atoms with van der Waals surface area (Å²) >= 11 is 0. The summed E-state index contributed by atoms with van der Waals surface area (Å²) in [6.07, 6.45) is 0. The van der Waals surface area contributed by atoms with Gasteiger partial charge in [-0.05, 0) is 36.4 Å². The molecule has 1 heterocycles. The van der Waals surface area contributed by atoms with Gasteiger partial charge in [0.25, 0.3) is 5.56 Å². The van der Waals surface area contributed by atoms with Gasteiger partial charge in [-0.15, -0.1) is 0 Å². The highest BCUT2D eigenvalue weighted by Crippen LogP contribution is 2.31. The zero-order valence-corrected chi connectivity index (χ0v) is 15.6. The van der Waals surface area contributed by atoms with Crippen molar-refractivity contribution in [2.24, 2.45) is 0 Å². The lowest BCUT2D eigenvalue weighted by Crippen LogP contribution is -2.29. The molecule has 0 aliphatic heterocycles. The zero-order valence-electron chi connectivity index (χ0n) is 15.6. The summed E-state index contributed by atoms with van der Waals surface area (Å²) in [4.78, 5) is 24.4. The maximum absolute atomic E-state index is 13.3. The first-order chi connectivity index (χ1) is 13.9. The maximum Gasteiger partial charge on any atom is 0.267 e. The number of amides is 1. The van der Waals surface area contributed by atoms with Crippen molar-refractivity contribution in [1.82, 2.24) is 9.78 Å². The topological polar surface area (TPSA) is 82.5 Å². The fourth-order valence-corrected chi connectivity index (χ4v) is 2.63. The van der Waals surface area contributed by atoms with Gasteiger partial charge >= 0.3 is 0 Å². The number of aromatic nitrogens is 2. The summed E-state index contributed by atoms with van der Waals surface area (Å²) in [5.41, 5.74) is 0.520. The van der Waals surface area contributed by atoms with E-state index in [1.165, 1.54) is 32.4 Å². The van der Waals surface area contributed by atoms with E-state index in [0.717, 1.165) is 16.8 Å². The minimum absolute atomic E-state index is 0.0626. The number of nitrogens with zero attached hydrogens (tertiary/aromatic N) is 2. The van der Waals surface area contributed by atoms with Crippen LogP contribution in [0.3, 0.4) is 0 Å². The second-order valence-electron chi connectivity index (χ2n) is 5.96. The van der Waals surface area contributed by atoms with Crippen molar-refractivity contribution in [2.45, 2.75) is 6.54 Å². The number of nitrogens with one attached hydrogen (secondary N) is 1. The summed E-state index contributed by atoms with van der Waals surface area (Å²) in [5, 5.41) is 6.61. The molecule has 1 N–H and O–H groups in total. The van der Waals surface area contributed by atoms with E-state index in [2.05, 4.69) is 10.4 Å². The van der Waals surface area contributed by atoms with Crippen molar-refractivity contribution >= 4 is 11.6 Å². The van der Waals surface area contributed by atoms with Crippen molar-refractivity contribution in [3.05, 3.63) is 70.5 Å². The van der Waals surface area contributed by atoms with Gasteiger partial charge in [0.15, 0.2) is 11.6 Å². The van der Waals surface area contributed by atoms with Crippen LogP contribution >= 0.6 is 0 Å². The Morgan fingerprint density at radius 2 is 1.83 bits per heavy atom. The normalized spacial score (nSPS) is 10.5. The lowest BCUT2D eigenvalue weighted by Gasteiger charge is -2.12. The molecule has 9 heteroatoms. The average Bonchev–Trinajstić information content (AvgIpc) is 2.72. The number of carbonyl (C=O) groups excluding carboxylic acids is 1. The molecule has 0 atom stereocenters.